The molecule has 0 saturated carbocycles. The molecule has 0 spiro atoms. The molecular weight excluding hydrogens is 217 g/mol. The molecule has 1 aromatic rings. The number of hydrogen-bond donors (Lipinski definition) is 0. The van der Waals surface area contributed by atoms with E-state index in [4.69, 9.17) is 5.26 Å². The van der Waals surface area contributed by atoms with Crippen molar-refractivity contribution >= 4 is 5.69 Å². The molecular formula is C11H11F3N2. The molecule has 0 N–H and O–H groups in total. The quantitative estimate of drug-likeness (QED) is 0.778. The fourth-order valence-corrected chi connectivity index (χ4v) is 1.51. The van der Waals surface area contributed by atoms with E-state index in [0.717, 1.165) is 4.90 Å². The van der Waals surface area contributed by atoms with Gasteiger partial charge in [-0.3, -0.25) is 0 Å². The van der Waals surface area contributed by atoms with Crippen LogP contribution in [0.5, 0.6) is 0 Å². The van der Waals surface area contributed by atoms with Crippen molar-refractivity contribution in [3.05, 3.63) is 29.3 Å². The lowest BCUT2D eigenvalue weighted by atomic mass is 10.1. The number of nitrogens with zero attached hydrogens (tertiary/aromatic N) is 2. The molecule has 1 aromatic carbocycles. The zero-order valence-electron chi connectivity index (χ0n) is 8.97. The lowest BCUT2D eigenvalue weighted by Crippen LogP contribution is -2.31. The first-order valence-electron chi connectivity index (χ1n) is 4.62. The fourth-order valence-electron chi connectivity index (χ4n) is 1.51. The summed E-state index contributed by atoms with van der Waals surface area (Å²) in [7, 11) is 1.38. The Morgan fingerprint density at radius 1 is 1.38 bits per heavy atom. The minimum atomic E-state index is -4.23. The molecule has 0 fully saturated rings. The van der Waals surface area contributed by atoms with Gasteiger partial charge in [0, 0.05) is 12.7 Å². The van der Waals surface area contributed by atoms with E-state index in [0.29, 0.717) is 16.8 Å². The first-order valence-corrected chi connectivity index (χ1v) is 4.62. The Labute approximate surface area is 91.9 Å². The van der Waals surface area contributed by atoms with Crippen molar-refractivity contribution in [1.82, 2.24) is 0 Å². The molecule has 2 nitrogen and oxygen atoms in total. The van der Waals surface area contributed by atoms with Crippen molar-refractivity contribution < 1.29 is 13.2 Å². The van der Waals surface area contributed by atoms with Crippen LogP contribution in [0.25, 0.3) is 0 Å². The molecule has 86 valence electrons. The predicted molar refractivity (Wildman–Crippen MR) is 55.2 cm³/mol. The Morgan fingerprint density at radius 2 is 2.00 bits per heavy atom. The van der Waals surface area contributed by atoms with Gasteiger partial charge in [0.05, 0.1) is 11.6 Å². The van der Waals surface area contributed by atoms with Gasteiger partial charge in [-0.15, -0.1) is 0 Å². The lowest BCUT2D eigenvalue weighted by molar-refractivity contribution is -0.119. The van der Waals surface area contributed by atoms with Crippen LogP contribution in [-0.2, 0) is 0 Å². The number of anilines is 1. The van der Waals surface area contributed by atoms with E-state index in [2.05, 4.69) is 0 Å². The second-order valence-corrected chi connectivity index (χ2v) is 3.58. The van der Waals surface area contributed by atoms with E-state index >= 15 is 0 Å². The Morgan fingerprint density at radius 3 is 2.44 bits per heavy atom. The zero-order valence-corrected chi connectivity index (χ0v) is 8.97. The monoisotopic (exact) mass is 228 g/mol. The first-order chi connectivity index (χ1) is 7.33. The highest BCUT2D eigenvalue weighted by Gasteiger charge is 2.29. The summed E-state index contributed by atoms with van der Waals surface area (Å²) in [6, 6.07) is 6.55. The maximum absolute atomic E-state index is 12.2. The number of rotatable bonds is 2. The van der Waals surface area contributed by atoms with Gasteiger partial charge in [-0.05, 0) is 30.7 Å². The van der Waals surface area contributed by atoms with Crippen LogP contribution >= 0.6 is 0 Å². The highest BCUT2D eigenvalue weighted by atomic mass is 19.4. The molecule has 0 heterocycles. The third-order valence-corrected chi connectivity index (χ3v) is 2.15. The van der Waals surface area contributed by atoms with E-state index in [9.17, 15) is 13.2 Å². The molecule has 0 aliphatic heterocycles. The third-order valence-electron chi connectivity index (χ3n) is 2.15. The molecule has 0 unspecified atom stereocenters. The summed E-state index contributed by atoms with van der Waals surface area (Å²) in [5.41, 5.74) is 1.59. The molecule has 0 aliphatic rings. The Hall–Kier alpha value is -1.70. The van der Waals surface area contributed by atoms with E-state index in [1.807, 2.05) is 6.07 Å². The van der Waals surface area contributed by atoms with Crippen LogP contribution < -0.4 is 4.90 Å². The molecule has 16 heavy (non-hydrogen) atoms. The molecule has 0 aromatic heterocycles. The highest BCUT2D eigenvalue weighted by molar-refractivity contribution is 5.55. The standard InChI is InChI=1S/C11H11F3N2/c1-8-5-9(6-15)3-4-10(8)16(2)7-11(12,13)14/h3-5H,7H2,1-2H3. The largest absolute Gasteiger partial charge is 0.405 e. The average molecular weight is 228 g/mol. The van der Waals surface area contributed by atoms with Crippen molar-refractivity contribution in [3.63, 3.8) is 0 Å². The van der Waals surface area contributed by atoms with Crippen molar-refractivity contribution in [2.24, 2.45) is 0 Å². The van der Waals surface area contributed by atoms with Crippen LogP contribution in [0.1, 0.15) is 11.1 Å². The van der Waals surface area contributed by atoms with Crippen LogP contribution in [0.2, 0.25) is 0 Å². The number of aryl methyl sites for hydroxylation is 1. The van der Waals surface area contributed by atoms with Gasteiger partial charge in [0.15, 0.2) is 0 Å². The van der Waals surface area contributed by atoms with Gasteiger partial charge in [-0.1, -0.05) is 0 Å². The van der Waals surface area contributed by atoms with Crippen LogP contribution in [0.4, 0.5) is 18.9 Å². The first kappa shape index (κ1) is 12.4. The number of halogens is 3. The Balaban J connectivity index is 2.93. The number of nitriles is 1. The average Bonchev–Trinajstić information content (AvgIpc) is 2.14. The smallest absolute Gasteiger partial charge is 0.366 e. The minimum Gasteiger partial charge on any atom is -0.366 e. The van der Waals surface area contributed by atoms with Gasteiger partial charge in [-0.25, -0.2) is 0 Å². The van der Waals surface area contributed by atoms with Crippen LogP contribution in [0.15, 0.2) is 18.2 Å². The highest BCUT2D eigenvalue weighted by Crippen LogP contribution is 2.24. The van der Waals surface area contributed by atoms with Gasteiger partial charge >= 0.3 is 6.18 Å². The summed E-state index contributed by atoms with van der Waals surface area (Å²) in [6.45, 7) is 0.683. The number of hydrogen-bond acceptors (Lipinski definition) is 2. The zero-order chi connectivity index (χ0) is 12.3. The summed E-state index contributed by atoms with van der Waals surface area (Å²) in [5, 5.41) is 8.63. The summed E-state index contributed by atoms with van der Waals surface area (Å²) < 4.78 is 36.5. The predicted octanol–water partition coefficient (Wildman–Crippen LogP) is 2.87. The third kappa shape index (κ3) is 3.16. The van der Waals surface area contributed by atoms with Crippen molar-refractivity contribution in [1.29, 1.82) is 5.26 Å². The van der Waals surface area contributed by atoms with Crippen LogP contribution in [0.3, 0.4) is 0 Å². The van der Waals surface area contributed by atoms with Gasteiger partial charge < -0.3 is 4.90 Å². The Bertz CT molecular complexity index is 418. The Kier molecular flexibility index (Phi) is 3.43. The molecule has 0 atom stereocenters. The molecule has 5 heteroatoms. The second-order valence-electron chi connectivity index (χ2n) is 3.58. The van der Waals surface area contributed by atoms with Gasteiger partial charge in [-0.2, -0.15) is 18.4 Å². The van der Waals surface area contributed by atoms with Crippen molar-refractivity contribution in [2.75, 3.05) is 18.5 Å². The van der Waals surface area contributed by atoms with E-state index in [-0.39, 0.29) is 0 Å². The van der Waals surface area contributed by atoms with E-state index < -0.39 is 12.7 Å². The molecule has 0 radical (unpaired) electrons. The fraction of sp³-hybridized carbons (Fsp3) is 0.364. The SMILES string of the molecule is Cc1cc(C#N)ccc1N(C)CC(F)(F)F. The number of alkyl halides is 3. The van der Waals surface area contributed by atoms with Crippen LogP contribution in [-0.4, -0.2) is 19.8 Å². The maximum Gasteiger partial charge on any atom is 0.405 e. The molecule has 1 rings (SSSR count). The lowest BCUT2D eigenvalue weighted by Gasteiger charge is -2.22. The van der Waals surface area contributed by atoms with Crippen molar-refractivity contribution in [3.8, 4) is 6.07 Å². The van der Waals surface area contributed by atoms with Gasteiger partial charge in [0.2, 0.25) is 0 Å². The summed E-state index contributed by atoms with van der Waals surface area (Å²) in [4.78, 5) is 1.12. The van der Waals surface area contributed by atoms with Gasteiger partial charge in [0.25, 0.3) is 0 Å². The van der Waals surface area contributed by atoms with Crippen molar-refractivity contribution in [2.45, 2.75) is 13.1 Å². The minimum absolute atomic E-state index is 0.446. The summed E-state index contributed by atoms with van der Waals surface area (Å²) in [6.07, 6.45) is -4.23. The topological polar surface area (TPSA) is 27.0 Å². The molecule has 0 aliphatic carbocycles. The molecule has 0 bridgehead atoms. The second kappa shape index (κ2) is 4.44. The van der Waals surface area contributed by atoms with E-state index in [1.54, 1.807) is 13.0 Å². The maximum atomic E-state index is 12.2. The van der Waals surface area contributed by atoms with Gasteiger partial charge in [0.1, 0.15) is 6.54 Å². The van der Waals surface area contributed by atoms with E-state index in [1.165, 1.54) is 19.2 Å². The molecule has 0 saturated heterocycles. The molecule has 0 amide bonds. The number of benzene rings is 1. The summed E-state index contributed by atoms with van der Waals surface area (Å²) >= 11 is 0. The van der Waals surface area contributed by atoms with Crippen LogP contribution in [0, 0.1) is 18.3 Å². The normalized spacial score (nSPS) is 11.0. The summed E-state index contributed by atoms with van der Waals surface area (Å²) in [5.74, 6) is 0.